The van der Waals surface area contributed by atoms with Gasteiger partial charge in [0.15, 0.2) is 0 Å². The molecular formula is C29H29ClFN3O4S. The average molecular weight is 570 g/mol. The van der Waals surface area contributed by atoms with Gasteiger partial charge < -0.3 is 15.5 Å². The number of nitrogens with two attached hydrogens (primary N) is 1. The van der Waals surface area contributed by atoms with Gasteiger partial charge in [-0.1, -0.05) is 35.9 Å². The number of amides is 1. The average Bonchev–Trinajstić information content (AvgIpc) is 3.40. The normalized spacial score (nSPS) is 13.1. The van der Waals surface area contributed by atoms with Crippen molar-refractivity contribution < 1.29 is 22.0 Å². The van der Waals surface area contributed by atoms with Gasteiger partial charge in [-0.2, -0.15) is 0 Å². The lowest BCUT2D eigenvalue weighted by Gasteiger charge is -2.20. The first-order valence-electron chi connectivity index (χ1n) is 12.2. The molecule has 2 atom stereocenters. The van der Waals surface area contributed by atoms with E-state index in [0.717, 1.165) is 21.7 Å². The van der Waals surface area contributed by atoms with Gasteiger partial charge in [0.2, 0.25) is 10.0 Å². The molecule has 4 aromatic rings. The maximum Gasteiger partial charge on any atom is 0.251 e. The number of nitrogens with zero attached hydrogens (tertiary/aromatic N) is 1. The van der Waals surface area contributed by atoms with Crippen LogP contribution < -0.4 is 15.4 Å². The summed E-state index contributed by atoms with van der Waals surface area (Å²) in [5.41, 5.74) is 9.13. The predicted molar refractivity (Wildman–Crippen MR) is 152 cm³/mol. The maximum absolute atomic E-state index is 13.3. The molecular weight excluding hydrogens is 541 g/mol. The molecule has 0 saturated heterocycles. The Morgan fingerprint density at radius 3 is 2.36 bits per heavy atom. The fraction of sp³-hybridized carbons (Fsp3) is 0.207. The molecule has 0 spiro atoms. The van der Waals surface area contributed by atoms with Gasteiger partial charge >= 0.3 is 0 Å². The maximum atomic E-state index is 13.3. The van der Waals surface area contributed by atoms with Crippen LogP contribution in [0.3, 0.4) is 0 Å². The molecule has 204 valence electrons. The number of halogens is 2. The summed E-state index contributed by atoms with van der Waals surface area (Å²) in [5, 5.41) is 3.52. The summed E-state index contributed by atoms with van der Waals surface area (Å²) in [6.45, 7) is 1.78. The van der Waals surface area contributed by atoms with Gasteiger partial charge in [-0.3, -0.25) is 9.10 Å². The standard InChI is InChI=1S/C29H29ClFN3O4S/c1-18(20-6-10-24(31)11-7-20)33-29(35)22-15-21(16-25(17-22)34(2)39(3,36)37)27-12-13-28(38-27)26(32)14-19-4-8-23(30)9-5-19/h4-13,15-18,26H,14,32H2,1-3H3,(H,33,35)/t18-,26?/m1/s1. The lowest BCUT2D eigenvalue weighted by molar-refractivity contribution is 0.0940. The Morgan fingerprint density at radius 2 is 1.72 bits per heavy atom. The third-order valence-electron chi connectivity index (χ3n) is 6.40. The molecule has 0 bridgehead atoms. The highest BCUT2D eigenvalue weighted by Gasteiger charge is 2.20. The summed E-state index contributed by atoms with van der Waals surface area (Å²) in [6.07, 6.45) is 1.60. The van der Waals surface area contributed by atoms with Crippen molar-refractivity contribution in [2.45, 2.75) is 25.4 Å². The van der Waals surface area contributed by atoms with Gasteiger partial charge in [0.25, 0.3) is 5.91 Å². The van der Waals surface area contributed by atoms with E-state index in [0.29, 0.717) is 28.5 Å². The molecule has 0 aliphatic heterocycles. The second-order valence-electron chi connectivity index (χ2n) is 9.38. The molecule has 7 nitrogen and oxygen atoms in total. The molecule has 0 saturated carbocycles. The van der Waals surface area contributed by atoms with Crippen LogP contribution in [0.4, 0.5) is 10.1 Å². The van der Waals surface area contributed by atoms with Crippen LogP contribution in [-0.2, 0) is 16.4 Å². The second-order valence-corrected chi connectivity index (χ2v) is 11.8. The number of nitrogens with one attached hydrogen (secondary N) is 1. The van der Waals surface area contributed by atoms with E-state index in [2.05, 4.69) is 5.32 Å². The van der Waals surface area contributed by atoms with E-state index in [4.69, 9.17) is 21.8 Å². The number of carbonyl (C=O) groups is 1. The zero-order chi connectivity index (χ0) is 28.3. The van der Waals surface area contributed by atoms with E-state index in [9.17, 15) is 17.6 Å². The van der Waals surface area contributed by atoms with Gasteiger partial charge in [-0.25, -0.2) is 12.8 Å². The van der Waals surface area contributed by atoms with E-state index in [-0.39, 0.29) is 17.1 Å². The number of benzene rings is 3. The Labute approximate surface area is 232 Å². The van der Waals surface area contributed by atoms with Gasteiger partial charge in [-0.05, 0) is 79.1 Å². The van der Waals surface area contributed by atoms with E-state index in [1.165, 1.54) is 25.2 Å². The molecule has 3 aromatic carbocycles. The first kappa shape index (κ1) is 28.4. The summed E-state index contributed by atoms with van der Waals surface area (Å²) in [4.78, 5) is 13.2. The van der Waals surface area contributed by atoms with Crippen LogP contribution in [0, 0.1) is 5.82 Å². The molecule has 1 heterocycles. The van der Waals surface area contributed by atoms with Crippen LogP contribution in [0.15, 0.2) is 83.3 Å². The lowest BCUT2D eigenvalue weighted by Crippen LogP contribution is -2.28. The molecule has 1 aromatic heterocycles. The van der Waals surface area contributed by atoms with Crippen molar-refractivity contribution in [2.75, 3.05) is 17.6 Å². The van der Waals surface area contributed by atoms with Crippen molar-refractivity contribution in [1.29, 1.82) is 0 Å². The van der Waals surface area contributed by atoms with Crippen LogP contribution in [0.5, 0.6) is 0 Å². The Kier molecular flexibility index (Phi) is 8.44. The summed E-state index contributed by atoms with van der Waals surface area (Å²) in [6, 6.07) is 20.6. The minimum Gasteiger partial charge on any atom is -0.459 e. The van der Waals surface area contributed by atoms with E-state index in [1.807, 2.05) is 12.1 Å². The topological polar surface area (TPSA) is 106 Å². The Bertz CT molecular complexity index is 1570. The molecule has 0 fully saturated rings. The SMILES string of the molecule is C[C@@H](NC(=O)c1cc(-c2ccc(C(N)Cc3ccc(Cl)cc3)o2)cc(N(C)S(C)(=O)=O)c1)c1ccc(F)cc1. The van der Waals surface area contributed by atoms with Gasteiger partial charge in [-0.15, -0.1) is 0 Å². The number of furan rings is 1. The highest BCUT2D eigenvalue weighted by atomic mass is 35.5. The molecule has 10 heteroatoms. The Hall–Kier alpha value is -3.66. The number of sulfonamides is 1. The third kappa shape index (κ3) is 7.06. The molecule has 0 radical (unpaired) electrons. The molecule has 1 amide bonds. The Morgan fingerprint density at radius 1 is 1.05 bits per heavy atom. The number of carbonyl (C=O) groups excluding carboxylic acids is 1. The zero-order valence-electron chi connectivity index (χ0n) is 21.7. The van der Waals surface area contributed by atoms with Gasteiger partial charge in [0.05, 0.1) is 24.0 Å². The first-order valence-corrected chi connectivity index (χ1v) is 14.4. The summed E-state index contributed by atoms with van der Waals surface area (Å²) in [5.74, 6) is 0.172. The van der Waals surface area contributed by atoms with E-state index >= 15 is 0 Å². The minimum atomic E-state index is -3.61. The smallest absolute Gasteiger partial charge is 0.251 e. The largest absolute Gasteiger partial charge is 0.459 e. The molecule has 0 aliphatic rings. The van der Waals surface area contributed by atoms with E-state index < -0.39 is 28.0 Å². The third-order valence-corrected chi connectivity index (χ3v) is 7.86. The van der Waals surface area contributed by atoms with Gasteiger partial charge in [0.1, 0.15) is 17.3 Å². The number of hydrogen-bond acceptors (Lipinski definition) is 5. The predicted octanol–water partition coefficient (Wildman–Crippen LogP) is 5.87. The van der Waals surface area contributed by atoms with Crippen molar-refractivity contribution >= 4 is 33.2 Å². The second kappa shape index (κ2) is 11.6. The van der Waals surface area contributed by atoms with Gasteiger partial charge in [0, 0.05) is 23.2 Å². The molecule has 3 N–H and O–H groups in total. The monoisotopic (exact) mass is 569 g/mol. The molecule has 39 heavy (non-hydrogen) atoms. The summed E-state index contributed by atoms with van der Waals surface area (Å²) < 4.78 is 45.0. The highest BCUT2D eigenvalue weighted by Crippen LogP contribution is 2.31. The van der Waals surface area contributed by atoms with E-state index in [1.54, 1.807) is 55.5 Å². The first-order chi connectivity index (χ1) is 18.4. The number of anilines is 1. The fourth-order valence-corrected chi connectivity index (χ4v) is 4.67. The Balaban J connectivity index is 1.63. The number of hydrogen-bond donors (Lipinski definition) is 2. The van der Waals surface area contributed by atoms with Crippen molar-refractivity contribution in [2.24, 2.45) is 5.73 Å². The van der Waals surface area contributed by atoms with Crippen molar-refractivity contribution in [3.63, 3.8) is 0 Å². The minimum absolute atomic E-state index is 0.232. The van der Waals surface area contributed by atoms with Crippen LogP contribution in [0.1, 0.15) is 46.3 Å². The quantitative estimate of drug-likeness (QED) is 0.262. The summed E-state index contributed by atoms with van der Waals surface area (Å²) >= 11 is 5.97. The molecule has 1 unspecified atom stereocenters. The zero-order valence-corrected chi connectivity index (χ0v) is 23.3. The van der Waals surface area contributed by atoms with Crippen molar-refractivity contribution in [3.05, 3.63) is 112 Å². The highest BCUT2D eigenvalue weighted by molar-refractivity contribution is 7.92. The fourth-order valence-electron chi connectivity index (χ4n) is 4.05. The van der Waals surface area contributed by atoms with Crippen molar-refractivity contribution in [1.82, 2.24) is 5.32 Å². The van der Waals surface area contributed by atoms with Crippen LogP contribution in [0.25, 0.3) is 11.3 Å². The summed E-state index contributed by atoms with van der Waals surface area (Å²) in [7, 11) is -2.20. The van der Waals surface area contributed by atoms with Crippen LogP contribution in [-0.4, -0.2) is 27.6 Å². The molecule has 0 aliphatic carbocycles. The van der Waals surface area contributed by atoms with Crippen LogP contribution >= 0.6 is 11.6 Å². The number of rotatable bonds is 9. The van der Waals surface area contributed by atoms with Crippen LogP contribution in [0.2, 0.25) is 5.02 Å². The van der Waals surface area contributed by atoms with Crippen molar-refractivity contribution in [3.8, 4) is 11.3 Å². The lowest BCUT2D eigenvalue weighted by atomic mass is 10.0. The molecule has 4 rings (SSSR count).